The minimum atomic E-state index is 0.295. The van der Waals surface area contributed by atoms with Gasteiger partial charge in [0.15, 0.2) is 0 Å². The van der Waals surface area contributed by atoms with Gasteiger partial charge in [-0.15, -0.1) is 10.2 Å². The van der Waals surface area contributed by atoms with Gasteiger partial charge in [-0.3, -0.25) is 0 Å². The van der Waals surface area contributed by atoms with Crippen molar-refractivity contribution in [3.63, 3.8) is 0 Å². The van der Waals surface area contributed by atoms with E-state index in [2.05, 4.69) is 26.2 Å². The number of piperidine rings is 1. The van der Waals surface area contributed by atoms with E-state index in [1.807, 2.05) is 42.5 Å². The Hall–Kier alpha value is -3.20. The Balaban J connectivity index is 1.25. The molecule has 5 rings (SSSR count). The standard InChI is InChI=1S/C21H19N5O/c22-13-15-6-7-18(23-14-15)26-10-8-21(9-11-26)12-17(21)20-25-24-19(27-20)16-4-2-1-3-5-16/h1-7,14,17H,8-12H2/t17-/m1/s1. The number of benzene rings is 1. The molecular weight excluding hydrogens is 338 g/mol. The van der Waals surface area contributed by atoms with Crippen LogP contribution in [0.4, 0.5) is 5.82 Å². The molecule has 0 bridgehead atoms. The maximum absolute atomic E-state index is 8.90. The minimum absolute atomic E-state index is 0.295. The zero-order valence-electron chi connectivity index (χ0n) is 14.9. The molecule has 134 valence electrons. The van der Waals surface area contributed by atoms with Gasteiger partial charge >= 0.3 is 0 Å². The fourth-order valence-corrected chi connectivity index (χ4v) is 4.14. The molecule has 0 N–H and O–H groups in total. The Bertz CT molecular complexity index is 981. The normalized spacial score (nSPS) is 20.4. The Labute approximate surface area is 157 Å². The highest BCUT2D eigenvalue weighted by Gasteiger charge is 2.58. The highest BCUT2D eigenvalue weighted by molar-refractivity contribution is 5.52. The van der Waals surface area contributed by atoms with Gasteiger partial charge < -0.3 is 9.32 Å². The summed E-state index contributed by atoms with van der Waals surface area (Å²) in [6, 6.07) is 15.8. The lowest BCUT2D eigenvalue weighted by Gasteiger charge is -2.33. The smallest absolute Gasteiger partial charge is 0.247 e. The van der Waals surface area contributed by atoms with Crippen LogP contribution < -0.4 is 4.90 Å². The van der Waals surface area contributed by atoms with Gasteiger partial charge in [-0.1, -0.05) is 18.2 Å². The molecule has 2 aliphatic rings. The molecule has 1 spiro atoms. The summed E-state index contributed by atoms with van der Waals surface area (Å²) in [6.07, 6.45) is 4.96. The average Bonchev–Trinajstić information content (AvgIpc) is 3.21. The summed E-state index contributed by atoms with van der Waals surface area (Å²) in [5, 5.41) is 17.5. The number of nitriles is 1. The first-order valence-electron chi connectivity index (χ1n) is 9.27. The van der Waals surface area contributed by atoms with Crippen molar-refractivity contribution in [2.24, 2.45) is 5.41 Å². The van der Waals surface area contributed by atoms with Crippen molar-refractivity contribution in [1.29, 1.82) is 5.26 Å². The topological polar surface area (TPSA) is 78.8 Å². The summed E-state index contributed by atoms with van der Waals surface area (Å²) in [6.45, 7) is 1.93. The van der Waals surface area contributed by atoms with Gasteiger partial charge in [-0.05, 0) is 48.9 Å². The molecule has 3 heterocycles. The van der Waals surface area contributed by atoms with E-state index in [4.69, 9.17) is 9.68 Å². The lowest BCUT2D eigenvalue weighted by molar-refractivity contribution is 0.352. The third kappa shape index (κ3) is 2.85. The van der Waals surface area contributed by atoms with Gasteiger partial charge in [-0.2, -0.15) is 5.26 Å². The Morgan fingerprint density at radius 2 is 1.89 bits per heavy atom. The second-order valence-corrected chi connectivity index (χ2v) is 7.43. The van der Waals surface area contributed by atoms with Gasteiger partial charge in [0, 0.05) is 30.8 Å². The number of nitrogens with zero attached hydrogens (tertiary/aromatic N) is 5. The molecule has 1 atom stereocenters. The average molecular weight is 357 g/mol. The Morgan fingerprint density at radius 1 is 1.07 bits per heavy atom. The van der Waals surface area contributed by atoms with Crippen molar-refractivity contribution < 1.29 is 4.42 Å². The van der Waals surface area contributed by atoms with Crippen molar-refractivity contribution in [2.75, 3.05) is 18.0 Å². The fraction of sp³-hybridized carbons (Fsp3) is 0.333. The molecule has 3 aromatic rings. The van der Waals surface area contributed by atoms with Crippen LogP contribution in [0, 0.1) is 16.7 Å². The first kappa shape index (κ1) is 16.0. The zero-order chi connectivity index (χ0) is 18.3. The van der Waals surface area contributed by atoms with Gasteiger partial charge in [0.1, 0.15) is 11.9 Å². The third-order valence-electron chi connectivity index (χ3n) is 5.91. The molecule has 27 heavy (non-hydrogen) atoms. The summed E-state index contributed by atoms with van der Waals surface area (Å²) in [4.78, 5) is 6.71. The van der Waals surface area contributed by atoms with Crippen LogP contribution in [-0.2, 0) is 0 Å². The summed E-state index contributed by atoms with van der Waals surface area (Å²) in [5.74, 6) is 2.70. The van der Waals surface area contributed by atoms with Gasteiger partial charge in [0.25, 0.3) is 0 Å². The summed E-state index contributed by atoms with van der Waals surface area (Å²) < 4.78 is 5.98. The first-order chi connectivity index (χ1) is 13.3. The van der Waals surface area contributed by atoms with Crippen LogP contribution in [0.15, 0.2) is 53.1 Å². The first-order valence-corrected chi connectivity index (χ1v) is 9.27. The van der Waals surface area contributed by atoms with Crippen molar-refractivity contribution in [1.82, 2.24) is 15.2 Å². The van der Waals surface area contributed by atoms with Crippen LogP contribution in [-0.4, -0.2) is 28.3 Å². The Morgan fingerprint density at radius 3 is 2.59 bits per heavy atom. The van der Waals surface area contributed by atoms with E-state index in [1.54, 1.807) is 6.20 Å². The van der Waals surface area contributed by atoms with Crippen LogP contribution in [0.25, 0.3) is 11.5 Å². The molecule has 1 saturated heterocycles. The van der Waals surface area contributed by atoms with Crippen molar-refractivity contribution in [3.05, 3.63) is 60.1 Å². The summed E-state index contributed by atoms with van der Waals surface area (Å²) in [5.41, 5.74) is 1.86. The molecule has 0 radical (unpaired) electrons. The summed E-state index contributed by atoms with van der Waals surface area (Å²) in [7, 11) is 0. The van der Waals surface area contributed by atoms with E-state index < -0.39 is 0 Å². The number of hydrogen-bond donors (Lipinski definition) is 0. The number of pyridine rings is 1. The number of aromatic nitrogens is 3. The molecule has 2 aromatic heterocycles. The molecule has 0 amide bonds. The summed E-state index contributed by atoms with van der Waals surface area (Å²) >= 11 is 0. The van der Waals surface area contributed by atoms with Crippen molar-refractivity contribution in [2.45, 2.75) is 25.2 Å². The molecule has 2 fully saturated rings. The monoisotopic (exact) mass is 357 g/mol. The SMILES string of the molecule is N#Cc1ccc(N2CCC3(CC2)C[C@@H]3c2nnc(-c3ccccc3)o2)nc1. The highest BCUT2D eigenvalue weighted by Crippen LogP contribution is 2.64. The fourth-order valence-electron chi connectivity index (χ4n) is 4.14. The van der Waals surface area contributed by atoms with Gasteiger partial charge in [0.05, 0.1) is 5.56 Å². The molecule has 1 aliphatic heterocycles. The van der Waals surface area contributed by atoms with Crippen LogP contribution >= 0.6 is 0 Å². The lowest BCUT2D eigenvalue weighted by atomic mass is 9.91. The Kier molecular flexibility index (Phi) is 3.68. The van der Waals surface area contributed by atoms with E-state index >= 15 is 0 Å². The number of rotatable bonds is 3. The maximum atomic E-state index is 8.90. The van der Waals surface area contributed by atoms with Crippen LogP contribution in [0.3, 0.4) is 0 Å². The van der Waals surface area contributed by atoms with Crippen LogP contribution in [0.5, 0.6) is 0 Å². The second-order valence-electron chi connectivity index (χ2n) is 7.43. The van der Waals surface area contributed by atoms with E-state index in [9.17, 15) is 0 Å². The quantitative estimate of drug-likeness (QED) is 0.710. The van der Waals surface area contributed by atoms with E-state index in [1.165, 1.54) is 0 Å². The molecule has 0 unspecified atom stereocenters. The van der Waals surface area contributed by atoms with Crippen LogP contribution in [0.2, 0.25) is 0 Å². The van der Waals surface area contributed by atoms with Crippen molar-refractivity contribution >= 4 is 5.82 Å². The molecule has 6 heteroatoms. The third-order valence-corrected chi connectivity index (χ3v) is 5.91. The number of anilines is 1. The molecule has 1 aromatic carbocycles. The maximum Gasteiger partial charge on any atom is 0.247 e. The largest absolute Gasteiger partial charge is 0.420 e. The van der Waals surface area contributed by atoms with Crippen molar-refractivity contribution in [3.8, 4) is 17.5 Å². The zero-order valence-corrected chi connectivity index (χ0v) is 14.9. The van der Waals surface area contributed by atoms with Crippen LogP contribution in [0.1, 0.15) is 36.6 Å². The predicted octanol–water partition coefficient (Wildman–Crippen LogP) is 3.78. The van der Waals surface area contributed by atoms with E-state index in [0.717, 1.165) is 49.6 Å². The van der Waals surface area contributed by atoms with Gasteiger partial charge in [-0.25, -0.2) is 4.98 Å². The minimum Gasteiger partial charge on any atom is -0.420 e. The molecule has 6 nitrogen and oxygen atoms in total. The predicted molar refractivity (Wildman–Crippen MR) is 99.9 cm³/mol. The van der Waals surface area contributed by atoms with Gasteiger partial charge in [0.2, 0.25) is 11.8 Å². The lowest BCUT2D eigenvalue weighted by Crippen LogP contribution is -2.35. The highest BCUT2D eigenvalue weighted by atomic mass is 16.4. The molecule has 1 saturated carbocycles. The molecule has 1 aliphatic carbocycles. The number of hydrogen-bond acceptors (Lipinski definition) is 6. The molecular formula is C21H19N5O. The second kappa shape index (κ2) is 6.20. The van der Waals surface area contributed by atoms with E-state index in [-0.39, 0.29) is 0 Å². The van der Waals surface area contributed by atoms with E-state index in [0.29, 0.717) is 22.8 Å².